The van der Waals surface area contributed by atoms with E-state index in [1.54, 1.807) is 4.90 Å². The number of hydrogen-bond donors (Lipinski definition) is 2. The maximum atomic E-state index is 12.5. The average Bonchev–Trinajstić information content (AvgIpc) is 2.88. The van der Waals surface area contributed by atoms with Crippen molar-refractivity contribution in [2.75, 3.05) is 31.1 Å². The molecule has 0 spiro atoms. The van der Waals surface area contributed by atoms with Crippen LogP contribution in [0.1, 0.15) is 17.8 Å². The van der Waals surface area contributed by atoms with Crippen LogP contribution in [0, 0.1) is 5.92 Å². The summed E-state index contributed by atoms with van der Waals surface area (Å²) in [5.74, 6) is -0.738. The first-order valence-electron chi connectivity index (χ1n) is 6.44. The molecule has 6 nitrogen and oxygen atoms in total. The Hall–Kier alpha value is -1.42. The van der Waals surface area contributed by atoms with E-state index in [-0.39, 0.29) is 17.6 Å². The monoisotopic (exact) mass is 324 g/mol. The lowest BCUT2D eigenvalue weighted by Gasteiger charge is -2.32. The number of nitrogens with one attached hydrogen (secondary N) is 1. The van der Waals surface area contributed by atoms with E-state index >= 15 is 0 Å². The maximum absolute atomic E-state index is 12.5. The van der Waals surface area contributed by atoms with Gasteiger partial charge in [-0.15, -0.1) is 10.2 Å². The van der Waals surface area contributed by atoms with Gasteiger partial charge in [0.25, 0.3) is 0 Å². The fourth-order valence-electron chi connectivity index (χ4n) is 2.25. The first-order valence-corrected chi connectivity index (χ1v) is 7.26. The molecule has 0 aromatic carbocycles. The smallest absolute Gasteiger partial charge is 0.445 e. The van der Waals surface area contributed by atoms with Crippen molar-refractivity contribution in [3.8, 4) is 0 Å². The molecule has 1 aromatic heterocycles. The van der Waals surface area contributed by atoms with Gasteiger partial charge in [0.15, 0.2) is 0 Å². The van der Waals surface area contributed by atoms with E-state index in [2.05, 4.69) is 15.5 Å². The van der Waals surface area contributed by atoms with Crippen molar-refractivity contribution in [1.29, 1.82) is 0 Å². The summed E-state index contributed by atoms with van der Waals surface area (Å²) >= 11 is 0.541. The molecule has 0 radical (unpaired) electrons. The van der Waals surface area contributed by atoms with Crippen LogP contribution in [0.2, 0.25) is 0 Å². The average molecular weight is 324 g/mol. The third-order valence-corrected chi connectivity index (χ3v) is 4.18. The van der Waals surface area contributed by atoms with Crippen LogP contribution in [0.3, 0.4) is 0 Å². The van der Waals surface area contributed by atoms with Gasteiger partial charge in [0.2, 0.25) is 10.1 Å². The van der Waals surface area contributed by atoms with Crippen molar-refractivity contribution in [3.05, 3.63) is 5.01 Å². The second-order valence-electron chi connectivity index (χ2n) is 4.87. The molecule has 2 rings (SSSR count). The number of carboxylic acids is 1. The van der Waals surface area contributed by atoms with E-state index in [9.17, 15) is 18.0 Å². The molecule has 2 N–H and O–H groups in total. The van der Waals surface area contributed by atoms with Gasteiger partial charge in [0, 0.05) is 19.6 Å². The minimum atomic E-state index is -4.46. The molecule has 118 valence electrons. The van der Waals surface area contributed by atoms with Crippen molar-refractivity contribution in [2.45, 2.75) is 19.0 Å². The fourth-order valence-corrected chi connectivity index (χ4v) is 2.99. The molecule has 1 fully saturated rings. The van der Waals surface area contributed by atoms with Crippen LogP contribution < -0.4 is 10.2 Å². The Bertz CT molecular complexity index is 494. The molecule has 21 heavy (non-hydrogen) atoms. The number of nitrogens with zero attached hydrogens (tertiary/aromatic N) is 3. The molecule has 0 aliphatic carbocycles. The number of piperidine rings is 1. The van der Waals surface area contributed by atoms with Gasteiger partial charge in [-0.05, 0) is 18.8 Å². The largest absolute Gasteiger partial charge is 0.480 e. The Kier molecular flexibility index (Phi) is 4.99. The van der Waals surface area contributed by atoms with Crippen LogP contribution in [0.4, 0.5) is 18.3 Å². The van der Waals surface area contributed by atoms with Crippen molar-refractivity contribution >= 4 is 22.4 Å². The Balaban J connectivity index is 1.91. The van der Waals surface area contributed by atoms with E-state index in [0.717, 1.165) is 12.8 Å². The van der Waals surface area contributed by atoms with Crippen molar-refractivity contribution in [3.63, 3.8) is 0 Å². The van der Waals surface area contributed by atoms with Gasteiger partial charge >= 0.3 is 12.1 Å². The van der Waals surface area contributed by atoms with E-state index in [4.69, 9.17) is 5.11 Å². The van der Waals surface area contributed by atoms with Gasteiger partial charge in [-0.3, -0.25) is 4.79 Å². The highest BCUT2D eigenvalue weighted by Gasteiger charge is 2.36. The van der Waals surface area contributed by atoms with Gasteiger partial charge in [-0.2, -0.15) is 13.2 Å². The Morgan fingerprint density at radius 1 is 1.48 bits per heavy atom. The third kappa shape index (κ3) is 4.53. The second kappa shape index (κ2) is 6.56. The molecule has 1 unspecified atom stereocenters. The summed E-state index contributed by atoms with van der Waals surface area (Å²) in [6.45, 7) is 1.60. The molecule has 1 atom stereocenters. The lowest BCUT2D eigenvalue weighted by Crippen LogP contribution is -2.40. The van der Waals surface area contributed by atoms with E-state index < -0.39 is 17.2 Å². The molecular weight excluding hydrogens is 309 g/mol. The van der Waals surface area contributed by atoms with Crippen LogP contribution in [0.15, 0.2) is 0 Å². The number of alkyl halides is 3. The first kappa shape index (κ1) is 16.0. The first-order chi connectivity index (χ1) is 9.86. The summed E-state index contributed by atoms with van der Waals surface area (Å²) in [5, 5.41) is 17.5. The van der Waals surface area contributed by atoms with E-state index in [0.29, 0.717) is 31.0 Å². The Morgan fingerprint density at radius 2 is 2.24 bits per heavy atom. The number of hydrogen-bond acceptors (Lipinski definition) is 6. The zero-order chi connectivity index (χ0) is 15.5. The van der Waals surface area contributed by atoms with E-state index in [1.807, 2.05) is 0 Å². The summed E-state index contributed by atoms with van der Waals surface area (Å²) in [4.78, 5) is 12.2. The summed E-state index contributed by atoms with van der Waals surface area (Å²) in [5.41, 5.74) is 0. The number of aliphatic carboxylic acids is 1. The van der Waals surface area contributed by atoms with Crippen molar-refractivity contribution < 1.29 is 23.1 Å². The van der Waals surface area contributed by atoms with Gasteiger partial charge in [-0.1, -0.05) is 11.3 Å². The predicted octanol–water partition coefficient (Wildman–Crippen LogP) is 1.45. The number of carboxylic acid groups (broad SMARTS) is 1. The normalized spacial score (nSPS) is 19.8. The zero-order valence-electron chi connectivity index (χ0n) is 11.1. The molecular formula is C11H15F3N4O2S. The van der Waals surface area contributed by atoms with Crippen LogP contribution >= 0.6 is 11.3 Å². The number of halogens is 3. The van der Waals surface area contributed by atoms with Crippen LogP contribution in [0.25, 0.3) is 0 Å². The summed E-state index contributed by atoms with van der Waals surface area (Å²) in [7, 11) is 0. The molecule has 0 amide bonds. The van der Waals surface area contributed by atoms with Crippen molar-refractivity contribution in [1.82, 2.24) is 15.5 Å². The summed E-state index contributed by atoms with van der Waals surface area (Å²) in [6, 6.07) is 0. The number of rotatable bonds is 5. The van der Waals surface area contributed by atoms with Gasteiger partial charge in [0.1, 0.15) is 0 Å². The molecule has 0 bridgehead atoms. The Labute approximate surface area is 123 Å². The Morgan fingerprint density at radius 3 is 2.86 bits per heavy atom. The highest BCUT2D eigenvalue weighted by atomic mass is 32.1. The molecule has 1 aliphatic heterocycles. The summed E-state index contributed by atoms with van der Waals surface area (Å²) < 4.78 is 37.5. The molecule has 1 aliphatic rings. The quantitative estimate of drug-likeness (QED) is 0.853. The highest BCUT2D eigenvalue weighted by molar-refractivity contribution is 7.15. The summed E-state index contributed by atoms with van der Waals surface area (Å²) in [6.07, 6.45) is -2.72. The fraction of sp³-hybridized carbons (Fsp3) is 0.727. The second-order valence-corrected chi connectivity index (χ2v) is 5.82. The molecule has 0 saturated carbocycles. The maximum Gasteiger partial charge on any atom is 0.445 e. The van der Waals surface area contributed by atoms with Gasteiger partial charge in [-0.25, -0.2) is 0 Å². The predicted molar refractivity (Wildman–Crippen MR) is 70.4 cm³/mol. The number of anilines is 1. The molecule has 2 heterocycles. The van der Waals surface area contributed by atoms with Crippen LogP contribution in [-0.4, -0.2) is 47.5 Å². The molecule has 10 heteroatoms. The van der Waals surface area contributed by atoms with Crippen LogP contribution in [0.5, 0.6) is 0 Å². The van der Waals surface area contributed by atoms with E-state index in [1.165, 1.54) is 0 Å². The molecule has 1 aromatic rings. The van der Waals surface area contributed by atoms with Gasteiger partial charge < -0.3 is 15.3 Å². The van der Waals surface area contributed by atoms with Crippen LogP contribution in [-0.2, 0) is 11.0 Å². The highest BCUT2D eigenvalue weighted by Crippen LogP contribution is 2.35. The third-order valence-electron chi connectivity index (χ3n) is 3.16. The van der Waals surface area contributed by atoms with Crippen molar-refractivity contribution in [2.24, 2.45) is 5.92 Å². The lowest BCUT2D eigenvalue weighted by atomic mass is 9.98. The number of aromatic nitrogens is 2. The standard InChI is InChI=1S/C11H15F3N4O2S/c12-11(13,14)9-16-17-10(21-9)18-3-1-2-7(6-18)4-15-5-8(19)20/h7,15H,1-6H2,(H,19,20). The zero-order valence-corrected chi connectivity index (χ0v) is 11.9. The minimum absolute atomic E-state index is 0.118. The molecule has 1 saturated heterocycles. The minimum Gasteiger partial charge on any atom is -0.480 e. The van der Waals surface area contributed by atoms with Gasteiger partial charge in [0.05, 0.1) is 6.54 Å². The number of carbonyl (C=O) groups is 1. The SMILES string of the molecule is O=C(O)CNCC1CCCN(c2nnc(C(F)(F)F)s2)C1. The topological polar surface area (TPSA) is 78.4 Å². The lowest BCUT2D eigenvalue weighted by molar-refractivity contribution is -0.138.